The number of carboxylic acid groups (broad SMARTS) is 1. The molecule has 0 heterocycles. The van der Waals surface area contributed by atoms with E-state index in [0.29, 0.717) is 19.3 Å². The van der Waals surface area contributed by atoms with Crippen LogP contribution in [0.25, 0.3) is 0 Å². The fourth-order valence-electron chi connectivity index (χ4n) is 6.57. The Kier molecular flexibility index (Phi) is 13.0. The molecule has 1 saturated carbocycles. The Bertz CT molecular complexity index is 1430. The van der Waals surface area contributed by atoms with Crippen LogP contribution in [0.3, 0.4) is 0 Å². The van der Waals surface area contributed by atoms with Gasteiger partial charge >= 0.3 is 19.2 Å². The third-order valence-electron chi connectivity index (χ3n) is 9.05. The average molecular weight is 690 g/mol. The van der Waals surface area contributed by atoms with Gasteiger partial charge in [0, 0.05) is 18.2 Å². The van der Waals surface area contributed by atoms with Crippen molar-refractivity contribution in [3.8, 4) is 0 Å². The molecule has 4 rings (SSSR count). The average Bonchev–Trinajstić information content (AvgIpc) is 3.07. The number of thioether (sulfide) groups is 1. The van der Waals surface area contributed by atoms with Crippen molar-refractivity contribution in [3.63, 3.8) is 0 Å². The molecule has 0 unspecified atom stereocenters. The van der Waals surface area contributed by atoms with E-state index < -0.39 is 52.9 Å². The van der Waals surface area contributed by atoms with Gasteiger partial charge in [0.15, 0.2) is 0 Å². The highest BCUT2D eigenvalue weighted by Gasteiger charge is 2.47. The molecule has 0 aliphatic heterocycles. The van der Waals surface area contributed by atoms with E-state index in [0.717, 1.165) is 16.7 Å². The van der Waals surface area contributed by atoms with Crippen LogP contribution in [0.5, 0.6) is 0 Å². The van der Waals surface area contributed by atoms with Crippen molar-refractivity contribution >= 4 is 36.9 Å². The Balaban J connectivity index is 1.63. The quantitative estimate of drug-likeness (QED) is 0.103. The van der Waals surface area contributed by atoms with Gasteiger partial charge in [0.25, 0.3) is 0 Å². The molecule has 3 aromatic carbocycles. The molecule has 0 aromatic heterocycles. The molecule has 1 aliphatic rings. The molecule has 1 fully saturated rings. The Labute approximate surface area is 293 Å². The molecular formula is C37H48BN3O7S. The summed E-state index contributed by atoms with van der Waals surface area (Å²) in [6.45, 7) is 5.22. The smallest absolute Gasteiger partial charge is 0.451 e. The summed E-state index contributed by atoms with van der Waals surface area (Å²) in [5.74, 6) is -2.17. The largest absolute Gasteiger partial charge is 0.480 e. The van der Waals surface area contributed by atoms with Gasteiger partial charge in [-0.3, -0.25) is 9.59 Å². The molecule has 2 amide bonds. The topological polar surface area (TPSA) is 171 Å². The van der Waals surface area contributed by atoms with E-state index >= 15 is 0 Å². The van der Waals surface area contributed by atoms with Gasteiger partial charge in [-0.1, -0.05) is 97.4 Å². The number of ether oxygens (including phenoxy) is 1. The van der Waals surface area contributed by atoms with Crippen LogP contribution < -0.4 is 16.4 Å². The lowest BCUT2D eigenvalue weighted by atomic mass is 9.66. The van der Waals surface area contributed by atoms with E-state index in [1.165, 1.54) is 11.8 Å². The van der Waals surface area contributed by atoms with E-state index in [9.17, 15) is 29.5 Å². The van der Waals surface area contributed by atoms with Gasteiger partial charge in [-0.25, -0.2) is 4.79 Å². The van der Waals surface area contributed by atoms with E-state index in [-0.39, 0.29) is 31.0 Å². The van der Waals surface area contributed by atoms with Crippen molar-refractivity contribution in [1.29, 1.82) is 0 Å². The Morgan fingerprint density at radius 1 is 0.918 bits per heavy atom. The van der Waals surface area contributed by atoms with Gasteiger partial charge in [-0.15, -0.1) is 11.8 Å². The van der Waals surface area contributed by atoms with E-state index in [1.807, 2.05) is 91.0 Å². The highest BCUT2D eigenvalue weighted by atomic mass is 32.2. The van der Waals surface area contributed by atoms with Crippen molar-refractivity contribution < 1.29 is 34.3 Å². The Hall–Kier alpha value is -3.84. The monoisotopic (exact) mass is 689 g/mol. The first-order chi connectivity index (χ1) is 23.2. The molecule has 12 heteroatoms. The highest BCUT2D eigenvalue weighted by molar-refractivity contribution is 8.00. The number of carbonyl (C=O) groups excluding carboxylic acids is 2. The SMILES string of the molecule is CC(C)(C)OC(=O)N[C@@H](CSC(c1ccccc1)(c1ccccc1)c1ccccc1)C(=O)NC[C@@H]1CC[C@@H](CCB(O)O)C[C@]1(N)C(=O)O. The molecule has 0 bridgehead atoms. The lowest BCUT2D eigenvalue weighted by Crippen LogP contribution is -2.61. The minimum absolute atomic E-state index is 0.00462. The van der Waals surface area contributed by atoms with Crippen molar-refractivity contribution in [2.45, 2.75) is 74.7 Å². The number of hydrogen-bond acceptors (Lipinski definition) is 8. The van der Waals surface area contributed by atoms with Crippen LogP contribution in [0.1, 0.15) is 63.1 Å². The Morgan fingerprint density at radius 2 is 1.43 bits per heavy atom. The van der Waals surface area contributed by atoms with E-state index in [2.05, 4.69) is 10.6 Å². The summed E-state index contributed by atoms with van der Waals surface area (Å²) in [4.78, 5) is 39.5. The minimum Gasteiger partial charge on any atom is -0.480 e. The van der Waals surface area contributed by atoms with E-state index in [4.69, 9.17) is 10.5 Å². The number of hydrogen-bond donors (Lipinski definition) is 6. The zero-order valence-electron chi connectivity index (χ0n) is 28.4. The molecule has 1 aliphatic carbocycles. The molecule has 10 nitrogen and oxygen atoms in total. The first kappa shape index (κ1) is 38.0. The molecule has 0 spiro atoms. The van der Waals surface area contributed by atoms with Crippen LogP contribution >= 0.6 is 11.8 Å². The van der Waals surface area contributed by atoms with Crippen LogP contribution in [0, 0.1) is 11.8 Å². The lowest BCUT2D eigenvalue weighted by molar-refractivity contribution is -0.148. The number of benzene rings is 3. The summed E-state index contributed by atoms with van der Waals surface area (Å²) in [7, 11) is -1.47. The van der Waals surface area contributed by atoms with E-state index in [1.54, 1.807) is 20.8 Å². The lowest BCUT2D eigenvalue weighted by Gasteiger charge is -2.42. The summed E-state index contributed by atoms with van der Waals surface area (Å²) >= 11 is 1.51. The Morgan fingerprint density at radius 3 is 1.88 bits per heavy atom. The molecule has 0 radical (unpaired) electrons. The number of alkyl carbamates (subject to hydrolysis) is 1. The molecule has 3 aromatic rings. The minimum atomic E-state index is -1.61. The van der Waals surface area contributed by atoms with Crippen LogP contribution in [0.2, 0.25) is 6.32 Å². The summed E-state index contributed by atoms with van der Waals surface area (Å²) in [6.07, 6.45) is 1.06. The highest BCUT2D eigenvalue weighted by Crippen LogP contribution is 2.48. The van der Waals surface area contributed by atoms with Crippen molar-refractivity contribution in [1.82, 2.24) is 10.6 Å². The second kappa shape index (κ2) is 16.7. The normalized spacial score (nSPS) is 20.1. The number of rotatable bonds is 14. The fraction of sp³-hybridized carbons (Fsp3) is 0.432. The maximum Gasteiger partial charge on any atom is 0.451 e. The number of amides is 2. The first-order valence-electron chi connectivity index (χ1n) is 16.7. The molecule has 262 valence electrons. The number of nitrogens with two attached hydrogens (primary N) is 1. The second-order valence-electron chi connectivity index (χ2n) is 13.8. The molecule has 4 atom stereocenters. The zero-order valence-corrected chi connectivity index (χ0v) is 29.2. The third-order valence-corrected chi connectivity index (χ3v) is 10.7. The van der Waals surface area contributed by atoms with Gasteiger partial charge in [0.05, 0.1) is 4.75 Å². The third kappa shape index (κ3) is 9.88. The summed E-state index contributed by atoms with van der Waals surface area (Å²) in [5, 5.41) is 34.4. The molecule has 0 saturated heterocycles. The predicted octanol–water partition coefficient (Wildman–Crippen LogP) is 4.78. The molecule has 49 heavy (non-hydrogen) atoms. The van der Waals surface area contributed by atoms with Crippen LogP contribution in [-0.2, 0) is 19.1 Å². The van der Waals surface area contributed by atoms with Gasteiger partial charge in [0.1, 0.15) is 17.2 Å². The van der Waals surface area contributed by atoms with Gasteiger partial charge in [-0.05, 0) is 69.0 Å². The second-order valence-corrected chi connectivity index (χ2v) is 15.0. The standard InChI is InChI=1S/C37H48BN3O7S/c1-35(2,3)48-34(45)41-31(32(42)40-24-30-20-19-26(21-22-38(46)47)23-36(30,39)33(43)44)25-49-37(27-13-7-4-8-14-27,28-15-9-5-10-16-28)29-17-11-6-12-18-29/h4-18,26,30-31,46-47H,19-25,39H2,1-3H3,(H,40,42)(H,41,45)(H,43,44)/t26-,30-,31-,36+/m0/s1. The van der Waals surface area contributed by atoms with Crippen molar-refractivity contribution in [2.75, 3.05) is 12.3 Å². The fourth-order valence-corrected chi connectivity index (χ4v) is 8.13. The van der Waals surface area contributed by atoms with Crippen molar-refractivity contribution in [2.24, 2.45) is 17.6 Å². The number of carbonyl (C=O) groups is 3. The first-order valence-corrected chi connectivity index (χ1v) is 17.7. The molecule has 7 N–H and O–H groups in total. The maximum atomic E-state index is 14.0. The van der Waals surface area contributed by atoms with Gasteiger partial charge in [0.2, 0.25) is 5.91 Å². The van der Waals surface area contributed by atoms with Crippen molar-refractivity contribution in [3.05, 3.63) is 108 Å². The summed E-state index contributed by atoms with van der Waals surface area (Å²) < 4.78 is 4.79. The van der Waals surface area contributed by atoms with Gasteiger partial charge in [-0.2, -0.15) is 0 Å². The maximum absolute atomic E-state index is 14.0. The van der Waals surface area contributed by atoms with Crippen LogP contribution in [0.15, 0.2) is 91.0 Å². The number of aliphatic carboxylic acids is 1. The van der Waals surface area contributed by atoms with Crippen LogP contribution in [0.4, 0.5) is 4.79 Å². The molecular weight excluding hydrogens is 641 g/mol. The van der Waals surface area contributed by atoms with Gasteiger partial charge < -0.3 is 36.3 Å². The summed E-state index contributed by atoms with van der Waals surface area (Å²) in [5.41, 5.74) is 7.07. The number of nitrogens with one attached hydrogen (secondary N) is 2. The number of carboxylic acids is 1. The zero-order chi connectivity index (χ0) is 35.7. The van der Waals surface area contributed by atoms with Crippen LogP contribution in [-0.4, -0.2) is 69.7 Å². The predicted molar refractivity (Wildman–Crippen MR) is 193 cm³/mol. The summed E-state index contributed by atoms with van der Waals surface area (Å²) in [6, 6.07) is 28.9.